The van der Waals surface area contributed by atoms with Crippen molar-refractivity contribution in [2.75, 3.05) is 7.05 Å². The minimum Gasteiger partial charge on any atom is -0.396 e. The third-order valence-electron chi connectivity index (χ3n) is 4.37. The molecular weight excluding hydrogens is 302 g/mol. The standard InChI is InChI=1S/C18H31N3OSi/c1-14(22-23(6,7)18(2,3)4)21-17(19)16(20-5)13-15-11-9-8-10-12-15/h8-12,14H,13H2,1-7H3,(H2,19,21). The van der Waals surface area contributed by atoms with Crippen LogP contribution in [0.5, 0.6) is 0 Å². The Labute approximate surface area is 142 Å². The number of aliphatic imine (C=N–C) groups is 2. The van der Waals surface area contributed by atoms with Gasteiger partial charge in [-0.2, -0.15) is 0 Å². The fourth-order valence-corrected chi connectivity index (χ4v) is 3.23. The van der Waals surface area contributed by atoms with Gasteiger partial charge in [0.25, 0.3) is 0 Å². The third-order valence-corrected chi connectivity index (χ3v) is 8.91. The van der Waals surface area contributed by atoms with Crippen molar-refractivity contribution in [3.05, 3.63) is 35.9 Å². The molecule has 0 aromatic heterocycles. The van der Waals surface area contributed by atoms with Crippen molar-refractivity contribution >= 4 is 19.9 Å². The van der Waals surface area contributed by atoms with Gasteiger partial charge in [-0.1, -0.05) is 51.1 Å². The van der Waals surface area contributed by atoms with Gasteiger partial charge in [-0.25, -0.2) is 4.99 Å². The zero-order valence-corrected chi connectivity index (χ0v) is 16.6. The van der Waals surface area contributed by atoms with Crippen molar-refractivity contribution in [3.8, 4) is 0 Å². The van der Waals surface area contributed by atoms with E-state index in [4.69, 9.17) is 10.2 Å². The van der Waals surface area contributed by atoms with E-state index in [-0.39, 0.29) is 11.3 Å². The smallest absolute Gasteiger partial charge is 0.194 e. The van der Waals surface area contributed by atoms with Crippen LogP contribution in [0.3, 0.4) is 0 Å². The van der Waals surface area contributed by atoms with Gasteiger partial charge in [-0.15, -0.1) is 0 Å². The molecule has 1 rings (SSSR count). The van der Waals surface area contributed by atoms with E-state index in [1.54, 1.807) is 7.05 Å². The second-order valence-corrected chi connectivity index (χ2v) is 12.1. The van der Waals surface area contributed by atoms with Crippen molar-refractivity contribution in [3.63, 3.8) is 0 Å². The molecular formula is C18H31N3OSi. The molecule has 0 saturated heterocycles. The first-order chi connectivity index (χ1) is 10.6. The van der Waals surface area contributed by atoms with E-state index in [0.29, 0.717) is 12.3 Å². The molecule has 0 aliphatic heterocycles. The average molecular weight is 334 g/mol. The van der Waals surface area contributed by atoms with Crippen LogP contribution >= 0.6 is 0 Å². The lowest BCUT2D eigenvalue weighted by molar-refractivity contribution is 0.209. The first-order valence-electron chi connectivity index (χ1n) is 8.08. The molecule has 0 fully saturated rings. The van der Waals surface area contributed by atoms with Crippen LogP contribution in [0.2, 0.25) is 18.1 Å². The Morgan fingerprint density at radius 3 is 2.26 bits per heavy atom. The first kappa shape index (κ1) is 19.6. The minimum absolute atomic E-state index is 0.150. The molecule has 5 heteroatoms. The molecule has 0 bridgehead atoms. The van der Waals surface area contributed by atoms with Gasteiger partial charge < -0.3 is 10.2 Å². The highest BCUT2D eigenvalue weighted by Crippen LogP contribution is 2.37. The SMILES string of the molecule is CN=C(Cc1ccccc1)C(N)=NC(C)O[Si](C)(C)C(C)(C)C. The Hall–Kier alpha value is -1.46. The van der Waals surface area contributed by atoms with Crippen LogP contribution in [0.1, 0.15) is 33.3 Å². The van der Waals surface area contributed by atoms with Crippen molar-refractivity contribution in [2.45, 2.75) is 58.5 Å². The van der Waals surface area contributed by atoms with Crippen molar-refractivity contribution < 1.29 is 4.43 Å². The summed E-state index contributed by atoms with van der Waals surface area (Å²) in [6.45, 7) is 13.0. The number of nitrogens with two attached hydrogens (primary N) is 1. The monoisotopic (exact) mass is 333 g/mol. The Balaban J connectivity index is 2.81. The summed E-state index contributed by atoms with van der Waals surface area (Å²) < 4.78 is 6.23. The predicted octanol–water partition coefficient (Wildman–Crippen LogP) is 4.02. The van der Waals surface area contributed by atoms with Crippen LogP contribution in [-0.4, -0.2) is 33.1 Å². The number of hydrogen-bond acceptors (Lipinski definition) is 3. The minimum atomic E-state index is -1.86. The summed E-state index contributed by atoms with van der Waals surface area (Å²) in [5, 5.41) is 0.150. The summed E-state index contributed by atoms with van der Waals surface area (Å²) >= 11 is 0. The molecule has 1 atom stereocenters. The molecule has 0 radical (unpaired) electrons. The van der Waals surface area contributed by atoms with E-state index in [9.17, 15) is 0 Å². The first-order valence-corrected chi connectivity index (χ1v) is 11.0. The summed E-state index contributed by atoms with van der Waals surface area (Å²) in [7, 11) is -0.106. The van der Waals surface area contributed by atoms with E-state index in [1.807, 2.05) is 25.1 Å². The van der Waals surface area contributed by atoms with Gasteiger partial charge in [0.05, 0.1) is 5.71 Å². The average Bonchev–Trinajstić information content (AvgIpc) is 2.43. The predicted molar refractivity (Wildman–Crippen MR) is 103 cm³/mol. The van der Waals surface area contributed by atoms with Crippen LogP contribution in [-0.2, 0) is 10.8 Å². The number of hydrogen-bond donors (Lipinski definition) is 1. The molecule has 0 saturated carbocycles. The molecule has 23 heavy (non-hydrogen) atoms. The summed E-state index contributed by atoms with van der Waals surface area (Å²) in [4.78, 5) is 8.82. The topological polar surface area (TPSA) is 60.0 Å². The second kappa shape index (κ2) is 7.88. The quantitative estimate of drug-likeness (QED) is 0.485. The van der Waals surface area contributed by atoms with Gasteiger partial charge in [-0.3, -0.25) is 4.99 Å². The maximum atomic E-state index is 6.23. The molecule has 0 heterocycles. The second-order valence-electron chi connectivity index (χ2n) is 7.32. The van der Waals surface area contributed by atoms with Gasteiger partial charge in [0.15, 0.2) is 8.32 Å². The maximum Gasteiger partial charge on any atom is 0.194 e. The molecule has 1 unspecified atom stereocenters. The number of nitrogens with zero attached hydrogens (tertiary/aromatic N) is 2. The maximum absolute atomic E-state index is 6.23. The Kier molecular flexibility index (Phi) is 6.71. The van der Waals surface area contributed by atoms with Gasteiger partial charge in [0.1, 0.15) is 12.1 Å². The van der Waals surface area contributed by atoms with Gasteiger partial charge in [0.2, 0.25) is 0 Å². The highest BCUT2D eigenvalue weighted by Gasteiger charge is 2.38. The zero-order valence-electron chi connectivity index (χ0n) is 15.6. The molecule has 1 aromatic rings. The summed E-state index contributed by atoms with van der Waals surface area (Å²) in [6.07, 6.45) is 0.419. The summed E-state index contributed by atoms with van der Waals surface area (Å²) in [5.74, 6) is 0.461. The molecule has 2 N–H and O–H groups in total. The fraction of sp³-hybridized carbons (Fsp3) is 0.556. The Bertz CT molecular complexity index is 559. The van der Waals surface area contributed by atoms with Crippen LogP contribution in [0, 0.1) is 0 Å². The van der Waals surface area contributed by atoms with Crippen LogP contribution in [0.15, 0.2) is 40.3 Å². The zero-order chi connectivity index (χ0) is 17.7. The normalized spacial score (nSPS) is 15.6. The third kappa shape index (κ3) is 5.92. The fourth-order valence-electron chi connectivity index (χ4n) is 1.97. The molecule has 0 amide bonds. The molecule has 0 spiro atoms. The van der Waals surface area contributed by atoms with Gasteiger partial charge >= 0.3 is 0 Å². The highest BCUT2D eigenvalue weighted by atomic mass is 28.4. The summed E-state index contributed by atoms with van der Waals surface area (Å²) in [5.41, 5.74) is 8.12. The number of benzene rings is 1. The summed E-state index contributed by atoms with van der Waals surface area (Å²) in [6, 6.07) is 10.2. The van der Waals surface area contributed by atoms with Gasteiger partial charge in [-0.05, 0) is 30.6 Å². The van der Waals surface area contributed by atoms with Crippen molar-refractivity contribution in [1.29, 1.82) is 0 Å². The van der Waals surface area contributed by atoms with Crippen molar-refractivity contribution in [1.82, 2.24) is 0 Å². The van der Waals surface area contributed by atoms with Crippen LogP contribution in [0.4, 0.5) is 0 Å². The highest BCUT2D eigenvalue weighted by molar-refractivity contribution is 6.74. The van der Waals surface area contributed by atoms with Crippen molar-refractivity contribution in [2.24, 2.45) is 15.7 Å². The Morgan fingerprint density at radius 2 is 1.78 bits per heavy atom. The molecule has 0 aliphatic carbocycles. The van der Waals surface area contributed by atoms with Crippen LogP contribution < -0.4 is 5.73 Å². The van der Waals surface area contributed by atoms with E-state index < -0.39 is 8.32 Å². The molecule has 0 aliphatic rings. The number of amidine groups is 1. The van der Waals surface area contributed by atoms with Crippen LogP contribution in [0.25, 0.3) is 0 Å². The lowest BCUT2D eigenvalue weighted by Gasteiger charge is -2.37. The lowest BCUT2D eigenvalue weighted by Crippen LogP contribution is -2.43. The van der Waals surface area contributed by atoms with E-state index in [2.05, 4.69) is 56.0 Å². The molecule has 4 nitrogen and oxygen atoms in total. The van der Waals surface area contributed by atoms with E-state index >= 15 is 0 Å². The largest absolute Gasteiger partial charge is 0.396 e. The molecule has 1 aromatic carbocycles. The lowest BCUT2D eigenvalue weighted by atomic mass is 10.1. The molecule has 128 valence electrons. The number of rotatable bonds is 6. The van der Waals surface area contributed by atoms with E-state index in [0.717, 1.165) is 5.71 Å². The Morgan fingerprint density at radius 1 is 1.22 bits per heavy atom. The van der Waals surface area contributed by atoms with E-state index in [1.165, 1.54) is 5.56 Å². The van der Waals surface area contributed by atoms with Gasteiger partial charge in [0, 0.05) is 13.5 Å².